The lowest BCUT2D eigenvalue weighted by Gasteiger charge is -2.16. The standard InChI is InChI=1S/C12H18N8S/c13-19-11-16-10(14-4-3-9-7-21-8-15-9)17-12(18-11)20-5-1-2-6-20/h7-8H,1-6,13H2,(H2,14,16,17,18,19). The van der Waals surface area contributed by atoms with Crippen LogP contribution in [0.2, 0.25) is 0 Å². The van der Waals surface area contributed by atoms with Gasteiger partial charge in [-0.15, -0.1) is 11.3 Å². The van der Waals surface area contributed by atoms with Crippen molar-refractivity contribution in [3.05, 3.63) is 16.6 Å². The summed E-state index contributed by atoms with van der Waals surface area (Å²) in [5.41, 5.74) is 5.40. The van der Waals surface area contributed by atoms with E-state index in [2.05, 4.69) is 35.6 Å². The zero-order chi connectivity index (χ0) is 14.5. The molecule has 0 bridgehead atoms. The van der Waals surface area contributed by atoms with Crippen LogP contribution in [-0.4, -0.2) is 39.6 Å². The average molecular weight is 306 g/mol. The second kappa shape index (κ2) is 6.64. The first-order valence-electron chi connectivity index (χ1n) is 6.94. The molecular formula is C12H18N8S. The number of hydrazine groups is 1. The van der Waals surface area contributed by atoms with Crippen LogP contribution in [0.25, 0.3) is 0 Å². The van der Waals surface area contributed by atoms with Gasteiger partial charge in [0.05, 0.1) is 11.2 Å². The number of nitrogens with two attached hydrogens (primary N) is 1. The summed E-state index contributed by atoms with van der Waals surface area (Å²) in [6.07, 6.45) is 3.17. The van der Waals surface area contributed by atoms with Crippen molar-refractivity contribution in [2.75, 3.05) is 35.3 Å². The Labute approximate surface area is 126 Å². The minimum atomic E-state index is 0.378. The summed E-state index contributed by atoms with van der Waals surface area (Å²) in [7, 11) is 0. The molecular weight excluding hydrogens is 288 g/mol. The van der Waals surface area contributed by atoms with E-state index in [4.69, 9.17) is 5.84 Å². The molecule has 0 saturated carbocycles. The lowest BCUT2D eigenvalue weighted by atomic mass is 10.3. The van der Waals surface area contributed by atoms with Crippen LogP contribution >= 0.6 is 11.3 Å². The van der Waals surface area contributed by atoms with E-state index in [9.17, 15) is 0 Å². The largest absolute Gasteiger partial charge is 0.354 e. The molecule has 0 spiro atoms. The maximum absolute atomic E-state index is 5.43. The molecule has 3 heterocycles. The first-order valence-corrected chi connectivity index (χ1v) is 7.88. The molecule has 4 N–H and O–H groups in total. The number of nitrogens with zero attached hydrogens (tertiary/aromatic N) is 5. The van der Waals surface area contributed by atoms with Gasteiger partial charge < -0.3 is 10.2 Å². The fraction of sp³-hybridized carbons (Fsp3) is 0.500. The molecule has 9 heteroatoms. The van der Waals surface area contributed by atoms with Gasteiger partial charge in [0.15, 0.2) is 0 Å². The van der Waals surface area contributed by atoms with Crippen molar-refractivity contribution in [3.63, 3.8) is 0 Å². The highest BCUT2D eigenvalue weighted by Crippen LogP contribution is 2.18. The number of hydrogen-bond acceptors (Lipinski definition) is 9. The number of thiazole rings is 1. The summed E-state index contributed by atoms with van der Waals surface area (Å²) in [4.78, 5) is 19.4. The summed E-state index contributed by atoms with van der Waals surface area (Å²) in [6.45, 7) is 2.68. The van der Waals surface area contributed by atoms with Gasteiger partial charge in [-0.25, -0.2) is 10.8 Å². The number of nitrogen functional groups attached to an aromatic ring is 1. The Morgan fingerprint density at radius 3 is 2.71 bits per heavy atom. The third-order valence-electron chi connectivity index (χ3n) is 3.29. The Hall–Kier alpha value is -2.00. The summed E-state index contributed by atoms with van der Waals surface area (Å²) in [5.74, 6) is 7.02. The Bertz CT molecular complexity index is 567. The lowest BCUT2D eigenvalue weighted by Crippen LogP contribution is -2.23. The first-order chi connectivity index (χ1) is 10.3. The fourth-order valence-corrected chi connectivity index (χ4v) is 2.82. The van der Waals surface area contributed by atoms with Crippen LogP contribution in [0.5, 0.6) is 0 Å². The number of anilines is 3. The van der Waals surface area contributed by atoms with Crippen LogP contribution in [0, 0.1) is 0 Å². The number of aromatic nitrogens is 4. The van der Waals surface area contributed by atoms with E-state index in [1.165, 1.54) is 12.8 Å². The molecule has 0 unspecified atom stereocenters. The smallest absolute Gasteiger partial charge is 0.243 e. The van der Waals surface area contributed by atoms with E-state index in [1.807, 2.05) is 10.9 Å². The molecule has 21 heavy (non-hydrogen) atoms. The second-order valence-corrected chi connectivity index (χ2v) is 5.50. The molecule has 0 atom stereocenters. The summed E-state index contributed by atoms with van der Waals surface area (Å²) in [6, 6.07) is 0. The van der Waals surface area contributed by atoms with Gasteiger partial charge in [0.2, 0.25) is 17.8 Å². The van der Waals surface area contributed by atoms with Gasteiger partial charge in [-0.3, -0.25) is 5.43 Å². The highest BCUT2D eigenvalue weighted by atomic mass is 32.1. The van der Waals surface area contributed by atoms with Crippen LogP contribution in [0.1, 0.15) is 18.5 Å². The van der Waals surface area contributed by atoms with Gasteiger partial charge in [0, 0.05) is 31.4 Å². The molecule has 3 rings (SSSR count). The van der Waals surface area contributed by atoms with Gasteiger partial charge in [0.1, 0.15) is 0 Å². The second-order valence-electron chi connectivity index (χ2n) is 4.78. The van der Waals surface area contributed by atoms with E-state index in [0.717, 1.165) is 31.7 Å². The van der Waals surface area contributed by atoms with Crippen molar-refractivity contribution in [2.24, 2.45) is 5.84 Å². The van der Waals surface area contributed by atoms with Gasteiger partial charge in [-0.2, -0.15) is 15.0 Å². The first kappa shape index (κ1) is 14.0. The monoisotopic (exact) mass is 306 g/mol. The Morgan fingerprint density at radius 2 is 2.00 bits per heavy atom. The van der Waals surface area contributed by atoms with E-state index < -0.39 is 0 Å². The van der Waals surface area contributed by atoms with Crippen molar-refractivity contribution in [3.8, 4) is 0 Å². The zero-order valence-electron chi connectivity index (χ0n) is 11.6. The number of hydrogen-bond donors (Lipinski definition) is 3. The molecule has 1 aliphatic heterocycles. The highest BCUT2D eigenvalue weighted by Gasteiger charge is 2.17. The molecule has 112 valence electrons. The molecule has 0 aromatic carbocycles. The average Bonchev–Trinajstić information content (AvgIpc) is 3.20. The van der Waals surface area contributed by atoms with Crippen molar-refractivity contribution in [1.29, 1.82) is 0 Å². The van der Waals surface area contributed by atoms with Gasteiger partial charge in [-0.1, -0.05) is 0 Å². The normalized spacial score (nSPS) is 14.4. The van der Waals surface area contributed by atoms with Crippen LogP contribution in [-0.2, 0) is 6.42 Å². The molecule has 2 aromatic heterocycles. The Balaban J connectivity index is 1.66. The molecule has 1 fully saturated rings. The minimum absolute atomic E-state index is 0.378. The zero-order valence-corrected chi connectivity index (χ0v) is 12.4. The number of rotatable bonds is 6. The number of nitrogens with one attached hydrogen (secondary N) is 2. The topological polar surface area (TPSA) is 105 Å². The summed E-state index contributed by atoms with van der Waals surface area (Å²) < 4.78 is 0. The third-order valence-corrected chi connectivity index (χ3v) is 3.92. The molecule has 2 aromatic rings. The van der Waals surface area contributed by atoms with E-state index in [-0.39, 0.29) is 0 Å². The SMILES string of the molecule is NNc1nc(NCCc2cscn2)nc(N2CCCC2)n1. The highest BCUT2D eigenvalue weighted by molar-refractivity contribution is 7.07. The predicted octanol–water partition coefficient (Wildman–Crippen LogP) is 0.868. The minimum Gasteiger partial charge on any atom is -0.354 e. The van der Waals surface area contributed by atoms with Gasteiger partial charge in [0.25, 0.3) is 0 Å². The Morgan fingerprint density at radius 1 is 1.19 bits per heavy atom. The fourth-order valence-electron chi connectivity index (χ4n) is 2.23. The summed E-state index contributed by atoms with van der Waals surface area (Å²) >= 11 is 1.60. The maximum Gasteiger partial charge on any atom is 0.243 e. The Kier molecular flexibility index (Phi) is 4.41. The van der Waals surface area contributed by atoms with Crippen molar-refractivity contribution < 1.29 is 0 Å². The predicted molar refractivity (Wildman–Crippen MR) is 83.4 cm³/mol. The lowest BCUT2D eigenvalue weighted by molar-refractivity contribution is 0.871. The summed E-state index contributed by atoms with van der Waals surface area (Å²) in [5, 5.41) is 5.24. The molecule has 1 aliphatic rings. The van der Waals surface area contributed by atoms with Crippen LogP contribution in [0.3, 0.4) is 0 Å². The van der Waals surface area contributed by atoms with Crippen molar-refractivity contribution in [2.45, 2.75) is 19.3 Å². The maximum atomic E-state index is 5.43. The molecule has 0 amide bonds. The van der Waals surface area contributed by atoms with E-state index in [1.54, 1.807) is 11.3 Å². The van der Waals surface area contributed by atoms with Crippen LogP contribution in [0.15, 0.2) is 10.9 Å². The van der Waals surface area contributed by atoms with Crippen molar-refractivity contribution in [1.82, 2.24) is 19.9 Å². The van der Waals surface area contributed by atoms with Crippen LogP contribution in [0.4, 0.5) is 17.8 Å². The van der Waals surface area contributed by atoms with E-state index in [0.29, 0.717) is 17.8 Å². The van der Waals surface area contributed by atoms with Gasteiger partial charge in [-0.05, 0) is 12.8 Å². The third kappa shape index (κ3) is 3.56. The molecule has 0 aliphatic carbocycles. The molecule has 8 nitrogen and oxygen atoms in total. The van der Waals surface area contributed by atoms with Gasteiger partial charge >= 0.3 is 0 Å². The van der Waals surface area contributed by atoms with Crippen molar-refractivity contribution >= 4 is 29.2 Å². The van der Waals surface area contributed by atoms with E-state index >= 15 is 0 Å². The van der Waals surface area contributed by atoms with Crippen LogP contribution < -0.4 is 21.5 Å². The quantitative estimate of drug-likeness (QED) is 0.533. The molecule has 1 saturated heterocycles. The molecule has 0 radical (unpaired) electrons.